The van der Waals surface area contributed by atoms with E-state index < -0.39 is 0 Å². The SMILES string of the molecule is C#CCCSc1n[nH]c(=O)n1CCC. The van der Waals surface area contributed by atoms with Crippen LogP contribution in [0.25, 0.3) is 0 Å². The van der Waals surface area contributed by atoms with Gasteiger partial charge in [-0.05, 0) is 6.42 Å². The molecule has 0 bridgehead atoms. The average Bonchev–Trinajstić information content (AvgIpc) is 2.51. The fourth-order valence-corrected chi connectivity index (χ4v) is 1.88. The van der Waals surface area contributed by atoms with Gasteiger partial charge in [0, 0.05) is 18.7 Å². The third kappa shape index (κ3) is 2.67. The Morgan fingerprint density at radius 2 is 2.50 bits per heavy atom. The van der Waals surface area contributed by atoms with E-state index in [4.69, 9.17) is 6.42 Å². The van der Waals surface area contributed by atoms with Crippen LogP contribution in [0.15, 0.2) is 9.95 Å². The summed E-state index contributed by atoms with van der Waals surface area (Å²) in [6.45, 7) is 2.73. The Hall–Kier alpha value is -1.15. The minimum Gasteiger partial charge on any atom is -0.270 e. The predicted octanol–water partition coefficient (Wildman–Crippen LogP) is 1.10. The molecule has 0 amide bonds. The Bertz CT molecular complexity index is 374. The van der Waals surface area contributed by atoms with E-state index in [0.29, 0.717) is 13.0 Å². The van der Waals surface area contributed by atoms with E-state index in [1.165, 1.54) is 11.8 Å². The predicted molar refractivity (Wildman–Crippen MR) is 57.3 cm³/mol. The topological polar surface area (TPSA) is 50.7 Å². The van der Waals surface area contributed by atoms with Crippen LogP contribution in [0, 0.1) is 12.3 Å². The van der Waals surface area contributed by atoms with Crippen LogP contribution in [-0.2, 0) is 6.54 Å². The largest absolute Gasteiger partial charge is 0.343 e. The van der Waals surface area contributed by atoms with Gasteiger partial charge in [-0.1, -0.05) is 18.7 Å². The van der Waals surface area contributed by atoms with E-state index in [0.717, 1.165) is 17.3 Å². The average molecular weight is 211 g/mol. The van der Waals surface area contributed by atoms with Crippen LogP contribution in [0.4, 0.5) is 0 Å². The lowest BCUT2D eigenvalue weighted by Crippen LogP contribution is -2.17. The van der Waals surface area contributed by atoms with Gasteiger partial charge in [-0.15, -0.1) is 17.4 Å². The molecule has 0 atom stereocenters. The molecule has 1 aromatic rings. The van der Waals surface area contributed by atoms with Gasteiger partial charge in [0.05, 0.1) is 0 Å². The molecule has 5 heteroatoms. The molecule has 0 unspecified atom stereocenters. The van der Waals surface area contributed by atoms with Crippen molar-refractivity contribution in [2.75, 3.05) is 5.75 Å². The highest BCUT2D eigenvalue weighted by Gasteiger charge is 2.06. The van der Waals surface area contributed by atoms with Crippen molar-refractivity contribution in [3.63, 3.8) is 0 Å². The number of thioether (sulfide) groups is 1. The molecule has 0 saturated heterocycles. The summed E-state index contributed by atoms with van der Waals surface area (Å²) in [5.41, 5.74) is -0.143. The first-order chi connectivity index (χ1) is 6.79. The van der Waals surface area contributed by atoms with Crippen molar-refractivity contribution < 1.29 is 0 Å². The van der Waals surface area contributed by atoms with Crippen molar-refractivity contribution in [2.45, 2.75) is 31.5 Å². The normalized spacial score (nSPS) is 10.0. The van der Waals surface area contributed by atoms with Gasteiger partial charge in [0.15, 0.2) is 5.16 Å². The lowest BCUT2D eigenvalue weighted by Gasteiger charge is -2.01. The van der Waals surface area contributed by atoms with E-state index in [-0.39, 0.29) is 5.69 Å². The Labute approximate surface area is 87.1 Å². The lowest BCUT2D eigenvalue weighted by atomic mass is 10.5. The Kier molecular flexibility index (Phi) is 4.33. The molecule has 0 fully saturated rings. The highest BCUT2D eigenvalue weighted by molar-refractivity contribution is 7.99. The van der Waals surface area contributed by atoms with Crippen molar-refractivity contribution in [2.24, 2.45) is 0 Å². The number of terminal acetylenes is 1. The van der Waals surface area contributed by atoms with Crippen molar-refractivity contribution in [3.8, 4) is 12.3 Å². The van der Waals surface area contributed by atoms with E-state index in [2.05, 4.69) is 16.1 Å². The van der Waals surface area contributed by atoms with Gasteiger partial charge in [-0.2, -0.15) is 0 Å². The summed E-state index contributed by atoms with van der Waals surface area (Å²) in [6, 6.07) is 0. The van der Waals surface area contributed by atoms with Gasteiger partial charge in [0.1, 0.15) is 0 Å². The highest BCUT2D eigenvalue weighted by atomic mass is 32.2. The van der Waals surface area contributed by atoms with E-state index >= 15 is 0 Å². The molecule has 0 aromatic carbocycles. The maximum atomic E-state index is 11.3. The molecule has 1 heterocycles. The van der Waals surface area contributed by atoms with Gasteiger partial charge < -0.3 is 0 Å². The molecule has 1 rings (SSSR count). The zero-order valence-electron chi connectivity index (χ0n) is 8.12. The van der Waals surface area contributed by atoms with E-state index in [1.807, 2.05) is 6.92 Å². The molecular weight excluding hydrogens is 198 g/mol. The van der Waals surface area contributed by atoms with Crippen LogP contribution >= 0.6 is 11.8 Å². The smallest absolute Gasteiger partial charge is 0.270 e. The second-order valence-electron chi connectivity index (χ2n) is 2.77. The van der Waals surface area contributed by atoms with Gasteiger partial charge in [0.25, 0.3) is 0 Å². The second-order valence-corrected chi connectivity index (χ2v) is 3.83. The van der Waals surface area contributed by atoms with Crippen LogP contribution in [0.3, 0.4) is 0 Å². The number of nitrogens with zero attached hydrogens (tertiary/aromatic N) is 2. The Balaban J connectivity index is 2.67. The molecule has 0 spiro atoms. The first-order valence-corrected chi connectivity index (χ1v) is 5.49. The molecule has 0 aliphatic heterocycles. The molecule has 0 aliphatic rings. The zero-order chi connectivity index (χ0) is 10.4. The summed E-state index contributed by atoms with van der Waals surface area (Å²) >= 11 is 1.51. The third-order valence-corrected chi connectivity index (χ3v) is 2.63. The number of nitrogens with one attached hydrogen (secondary N) is 1. The molecule has 14 heavy (non-hydrogen) atoms. The van der Waals surface area contributed by atoms with E-state index in [9.17, 15) is 4.79 Å². The Morgan fingerprint density at radius 1 is 1.71 bits per heavy atom. The summed E-state index contributed by atoms with van der Waals surface area (Å²) in [5, 5.41) is 7.09. The zero-order valence-corrected chi connectivity index (χ0v) is 8.93. The fourth-order valence-electron chi connectivity index (χ4n) is 1.04. The summed E-state index contributed by atoms with van der Waals surface area (Å²) in [6.07, 6.45) is 6.75. The quantitative estimate of drug-likeness (QED) is 0.451. The molecular formula is C9H13N3OS. The first kappa shape index (κ1) is 10.9. The monoisotopic (exact) mass is 211 g/mol. The minimum absolute atomic E-state index is 0.143. The van der Waals surface area contributed by atoms with Crippen LogP contribution in [0.1, 0.15) is 19.8 Å². The fraction of sp³-hybridized carbons (Fsp3) is 0.556. The summed E-state index contributed by atoms with van der Waals surface area (Å²) < 4.78 is 1.64. The van der Waals surface area contributed by atoms with Crippen LogP contribution in [0.5, 0.6) is 0 Å². The summed E-state index contributed by atoms with van der Waals surface area (Å²) in [5.74, 6) is 3.35. The second kappa shape index (κ2) is 5.55. The maximum Gasteiger partial charge on any atom is 0.343 e. The molecule has 1 N–H and O–H groups in total. The third-order valence-electron chi connectivity index (χ3n) is 1.65. The molecule has 1 aromatic heterocycles. The van der Waals surface area contributed by atoms with E-state index in [1.54, 1.807) is 4.57 Å². The number of rotatable bonds is 5. The molecule has 0 saturated carbocycles. The van der Waals surface area contributed by atoms with Crippen molar-refractivity contribution in [3.05, 3.63) is 10.5 Å². The van der Waals surface area contributed by atoms with Crippen LogP contribution in [-0.4, -0.2) is 20.5 Å². The minimum atomic E-state index is -0.143. The van der Waals surface area contributed by atoms with Gasteiger partial charge in [0.2, 0.25) is 0 Å². The maximum absolute atomic E-state index is 11.3. The van der Waals surface area contributed by atoms with Gasteiger partial charge in [-0.3, -0.25) is 4.57 Å². The molecule has 0 radical (unpaired) electrons. The van der Waals surface area contributed by atoms with Gasteiger partial charge >= 0.3 is 5.69 Å². The number of H-pyrrole nitrogens is 1. The lowest BCUT2D eigenvalue weighted by molar-refractivity contribution is 0.604. The van der Waals surface area contributed by atoms with Crippen LogP contribution in [0.2, 0.25) is 0 Å². The molecule has 4 nitrogen and oxygen atoms in total. The van der Waals surface area contributed by atoms with Crippen molar-refractivity contribution in [1.29, 1.82) is 0 Å². The first-order valence-electron chi connectivity index (χ1n) is 4.51. The van der Waals surface area contributed by atoms with Gasteiger partial charge in [-0.25, -0.2) is 9.89 Å². The summed E-state index contributed by atoms with van der Waals surface area (Å²) in [7, 11) is 0. The van der Waals surface area contributed by atoms with Crippen molar-refractivity contribution >= 4 is 11.8 Å². The molecule has 76 valence electrons. The summed E-state index contributed by atoms with van der Waals surface area (Å²) in [4.78, 5) is 11.3. The standard InChI is InChI=1S/C9H13N3OS/c1-3-5-7-14-9-11-10-8(13)12(9)6-4-2/h1H,4-7H2,2H3,(H,10,13). The number of hydrogen-bond acceptors (Lipinski definition) is 3. The number of aromatic amines is 1. The molecule has 0 aliphatic carbocycles. The van der Waals surface area contributed by atoms with Crippen molar-refractivity contribution in [1.82, 2.24) is 14.8 Å². The Morgan fingerprint density at radius 3 is 3.14 bits per heavy atom. The van der Waals surface area contributed by atoms with Crippen LogP contribution < -0.4 is 5.69 Å². The number of hydrogen-bond donors (Lipinski definition) is 1. The number of aromatic nitrogens is 3. The highest BCUT2D eigenvalue weighted by Crippen LogP contribution is 2.13.